The van der Waals surface area contributed by atoms with Crippen LogP contribution in [0, 0.1) is 0 Å². The molecule has 0 aliphatic rings. The lowest BCUT2D eigenvalue weighted by Gasteiger charge is -2.22. The maximum Gasteiger partial charge on any atom is 0.221 e. The Morgan fingerprint density at radius 2 is 2.18 bits per heavy atom. The summed E-state index contributed by atoms with van der Waals surface area (Å²) in [6.45, 7) is 4.35. The number of hydrogen-bond donors (Lipinski definition) is 4. The molecule has 1 amide bonds. The fraction of sp³-hybridized carbons (Fsp3) is 0.900. The van der Waals surface area contributed by atoms with Crippen LogP contribution >= 0.6 is 21.6 Å². The van der Waals surface area contributed by atoms with Crippen molar-refractivity contribution in [1.82, 2.24) is 5.32 Å². The van der Waals surface area contributed by atoms with E-state index in [0.717, 1.165) is 5.75 Å². The van der Waals surface area contributed by atoms with Gasteiger partial charge in [-0.15, -0.1) is 0 Å². The van der Waals surface area contributed by atoms with E-state index in [0.29, 0.717) is 13.0 Å². The molecule has 0 aromatic heterocycles. The number of carbonyl (C=O) groups excluding carboxylic acids is 1. The van der Waals surface area contributed by atoms with Crippen LogP contribution in [0.2, 0.25) is 0 Å². The number of carbonyl (C=O) groups is 1. The Balaban J connectivity index is 3.83. The first-order chi connectivity index (χ1) is 7.91. The Hall–Kier alpha value is 0.0500. The second-order valence-electron chi connectivity index (χ2n) is 4.27. The largest absolute Gasteiger partial charge is 0.394 e. The highest BCUT2D eigenvalue weighted by Gasteiger charge is 2.23. The highest BCUT2D eigenvalue weighted by Crippen LogP contribution is 2.37. The van der Waals surface area contributed by atoms with Crippen LogP contribution in [0.1, 0.15) is 20.3 Å². The van der Waals surface area contributed by atoms with Gasteiger partial charge in [0.1, 0.15) is 0 Å². The van der Waals surface area contributed by atoms with E-state index in [1.54, 1.807) is 21.6 Å². The zero-order chi connectivity index (χ0) is 13.3. The van der Waals surface area contributed by atoms with E-state index in [2.05, 4.69) is 5.32 Å². The van der Waals surface area contributed by atoms with E-state index < -0.39 is 6.10 Å². The molecule has 0 heterocycles. The van der Waals surface area contributed by atoms with Gasteiger partial charge < -0.3 is 21.3 Å². The summed E-state index contributed by atoms with van der Waals surface area (Å²) in [6, 6.07) is 0. The molecule has 0 saturated heterocycles. The lowest BCUT2D eigenvalue weighted by molar-refractivity contribution is -0.122. The molecule has 0 bridgehead atoms. The van der Waals surface area contributed by atoms with Crippen molar-refractivity contribution in [3.63, 3.8) is 0 Å². The van der Waals surface area contributed by atoms with Crippen molar-refractivity contribution >= 4 is 27.5 Å². The van der Waals surface area contributed by atoms with Crippen LogP contribution in [0.5, 0.6) is 0 Å². The molecule has 0 aliphatic carbocycles. The summed E-state index contributed by atoms with van der Waals surface area (Å²) < 4.78 is -0.173. The van der Waals surface area contributed by atoms with Crippen LogP contribution in [0.25, 0.3) is 0 Å². The predicted octanol–water partition coefficient (Wildman–Crippen LogP) is -0.0354. The Bertz CT molecular complexity index is 228. The van der Waals surface area contributed by atoms with Crippen molar-refractivity contribution in [3.8, 4) is 0 Å². The number of amides is 1. The Labute approximate surface area is 110 Å². The minimum Gasteiger partial charge on any atom is -0.394 e. The third kappa shape index (κ3) is 9.72. The Morgan fingerprint density at radius 1 is 1.53 bits per heavy atom. The molecular formula is C10H22N2O3S2. The van der Waals surface area contributed by atoms with Crippen molar-refractivity contribution in [1.29, 1.82) is 0 Å². The van der Waals surface area contributed by atoms with Crippen molar-refractivity contribution in [2.45, 2.75) is 31.1 Å². The summed E-state index contributed by atoms with van der Waals surface area (Å²) in [4.78, 5) is 11.6. The SMILES string of the molecule is CC(C)(CC(=O)NC[C@@H](O)CO)SSCCN. The predicted molar refractivity (Wildman–Crippen MR) is 73.9 cm³/mol. The third-order valence-corrected chi connectivity index (χ3v) is 5.14. The number of nitrogens with two attached hydrogens (primary N) is 1. The highest BCUT2D eigenvalue weighted by molar-refractivity contribution is 8.77. The van der Waals surface area contributed by atoms with Gasteiger partial charge in [-0.1, -0.05) is 21.6 Å². The number of aliphatic hydroxyl groups excluding tert-OH is 2. The van der Waals surface area contributed by atoms with Gasteiger partial charge in [0.25, 0.3) is 0 Å². The summed E-state index contributed by atoms with van der Waals surface area (Å²) in [5.41, 5.74) is 5.39. The molecule has 1 atom stereocenters. The summed E-state index contributed by atoms with van der Waals surface area (Å²) in [5.74, 6) is 0.738. The maximum atomic E-state index is 11.6. The van der Waals surface area contributed by atoms with Gasteiger partial charge in [-0.05, 0) is 13.8 Å². The summed E-state index contributed by atoms with van der Waals surface area (Å²) in [7, 11) is 3.29. The number of aliphatic hydroxyl groups is 2. The van der Waals surface area contributed by atoms with Crippen molar-refractivity contribution in [3.05, 3.63) is 0 Å². The Kier molecular flexibility index (Phi) is 9.07. The topological polar surface area (TPSA) is 95.6 Å². The monoisotopic (exact) mass is 282 g/mol. The molecule has 0 aromatic carbocycles. The minimum absolute atomic E-state index is 0.0893. The maximum absolute atomic E-state index is 11.6. The van der Waals surface area contributed by atoms with Gasteiger partial charge >= 0.3 is 0 Å². The van der Waals surface area contributed by atoms with Gasteiger partial charge in [0, 0.05) is 30.0 Å². The lowest BCUT2D eigenvalue weighted by atomic mass is 10.1. The molecule has 7 heteroatoms. The van der Waals surface area contributed by atoms with Crippen LogP contribution in [0.15, 0.2) is 0 Å². The van der Waals surface area contributed by atoms with Crippen molar-refractivity contribution in [2.24, 2.45) is 5.73 Å². The van der Waals surface area contributed by atoms with E-state index in [9.17, 15) is 4.79 Å². The lowest BCUT2D eigenvalue weighted by Crippen LogP contribution is -2.36. The molecule has 0 aliphatic heterocycles. The van der Waals surface area contributed by atoms with E-state index in [-0.39, 0.29) is 23.8 Å². The minimum atomic E-state index is -0.888. The number of rotatable bonds is 9. The van der Waals surface area contributed by atoms with Crippen LogP contribution in [-0.2, 0) is 4.79 Å². The molecule has 5 nitrogen and oxygen atoms in total. The first-order valence-corrected chi connectivity index (χ1v) is 7.79. The molecule has 0 saturated carbocycles. The van der Waals surface area contributed by atoms with E-state index in [1.165, 1.54) is 0 Å². The fourth-order valence-electron chi connectivity index (χ4n) is 1.02. The highest BCUT2D eigenvalue weighted by atomic mass is 33.1. The normalized spacial score (nSPS) is 13.5. The summed E-state index contributed by atoms with van der Waals surface area (Å²) in [6.07, 6.45) is -0.519. The first-order valence-electron chi connectivity index (χ1n) is 5.47. The number of hydrogen-bond acceptors (Lipinski definition) is 6. The van der Waals surface area contributed by atoms with Gasteiger partial charge in [0.2, 0.25) is 5.91 Å². The van der Waals surface area contributed by atoms with E-state index >= 15 is 0 Å². The van der Waals surface area contributed by atoms with Crippen LogP contribution in [-0.4, -0.2) is 52.4 Å². The summed E-state index contributed by atoms with van der Waals surface area (Å²) in [5, 5.41) is 20.3. The molecule has 0 fully saturated rings. The van der Waals surface area contributed by atoms with Crippen molar-refractivity contribution in [2.75, 3.05) is 25.4 Å². The van der Waals surface area contributed by atoms with Gasteiger partial charge in [-0.25, -0.2) is 0 Å². The molecule has 0 rings (SSSR count). The van der Waals surface area contributed by atoms with Crippen LogP contribution in [0.4, 0.5) is 0 Å². The zero-order valence-electron chi connectivity index (χ0n) is 10.3. The molecule has 17 heavy (non-hydrogen) atoms. The van der Waals surface area contributed by atoms with Crippen LogP contribution in [0.3, 0.4) is 0 Å². The standard InChI is InChI=1S/C10H22N2O3S2/c1-10(2,17-16-4-3-11)5-9(15)12-6-8(14)7-13/h8,13-14H,3-7,11H2,1-2H3,(H,12,15)/t8-/m1/s1. The summed E-state index contributed by atoms with van der Waals surface area (Å²) >= 11 is 0. The molecular weight excluding hydrogens is 260 g/mol. The quantitative estimate of drug-likeness (QED) is 0.350. The molecule has 0 unspecified atom stereocenters. The molecule has 102 valence electrons. The molecule has 0 spiro atoms. The van der Waals surface area contributed by atoms with Gasteiger partial charge in [-0.2, -0.15) is 0 Å². The van der Waals surface area contributed by atoms with E-state index in [1.807, 2.05) is 13.8 Å². The average molecular weight is 282 g/mol. The molecule has 0 aromatic rings. The Morgan fingerprint density at radius 3 is 2.71 bits per heavy atom. The molecule has 0 radical (unpaired) electrons. The smallest absolute Gasteiger partial charge is 0.221 e. The second-order valence-corrected chi connectivity index (χ2v) is 7.39. The number of nitrogens with one attached hydrogen (secondary N) is 1. The molecule has 5 N–H and O–H groups in total. The zero-order valence-corrected chi connectivity index (χ0v) is 11.9. The van der Waals surface area contributed by atoms with Gasteiger partial charge in [0.05, 0.1) is 12.7 Å². The first kappa shape index (κ1) is 17.1. The average Bonchev–Trinajstić information content (AvgIpc) is 2.25. The van der Waals surface area contributed by atoms with Crippen LogP contribution < -0.4 is 11.1 Å². The fourth-order valence-corrected chi connectivity index (χ4v) is 3.39. The third-order valence-electron chi connectivity index (χ3n) is 1.82. The van der Waals surface area contributed by atoms with Gasteiger partial charge in [0.15, 0.2) is 0 Å². The van der Waals surface area contributed by atoms with E-state index in [4.69, 9.17) is 15.9 Å². The van der Waals surface area contributed by atoms with Crippen molar-refractivity contribution < 1.29 is 15.0 Å². The van der Waals surface area contributed by atoms with Gasteiger partial charge in [-0.3, -0.25) is 4.79 Å². The second kappa shape index (κ2) is 9.04.